The normalized spacial score (nSPS) is 19.8. The Balaban J connectivity index is 2.03. The van der Waals surface area contributed by atoms with Crippen LogP contribution in [0.1, 0.15) is 45.1 Å². The fourth-order valence-electron chi connectivity index (χ4n) is 2.13. The molecule has 0 amide bonds. The number of aromatic nitrogens is 2. The molecule has 1 atom stereocenters. The minimum Gasteiger partial charge on any atom is -0.378 e. The van der Waals surface area contributed by atoms with Gasteiger partial charge in [-0.2, -0.15) is 0 Å². The molecule has 0 spiro atoms. The summed E-state index contributed by atoms with van der Waals surface area (Å²) in [6.45, 7) is 7.69. The van der Waals surface area contributed by atoms with Crippen molar-refractivity contribution in [1.29, 1.82) is 0 Å². The summed E-state index contributed by atoms with van der Waals surface area (Å²) in [6.07, 6.45) is 3.04. The second-order valence-corrected chi connectivity index (χ2v) is 6.13. The Bertz CT molecular complexity index is 470. The Morgan fingerprint density at radius 3 is 2.95 bits per heavy atom. The van der Waals surface area contributed by atoms with Crippen molar-refractivity contribution in [2.45, 2.75) is 58.2 Å². The highest BCUT2D eigenvalue weighted by molar-refractivity contribution is 5.04. The van der Waals surface area contributed by atoms with Gasteiger partial charge in [-0.25, -0.2) is 4.98 Å². The van der Waals surface area contributed by atoms with E-state index in [2.05, 4.69) is 36.1 Å². The van der Waals surface area contributed by atoms with E-state index in [1.54, 1.807) is 6.07 Å². The first-order valence-electron chi connectivity index (χ1n) is 6.88. The molecule has 1 aliphatic rings. The zero-order valence-electron chi connectivity index (χ0n) is 12.0. The van der Waals surface area contributed by atoms with Crippen molar-refractivity contribution in [3.8, 4) is 0 Å². The van der Waals surface area contributed by atoms with Crippen LogP contribution < -0.4 is 10.9 Å². The quantitative estimate of drug-likeness (QED) is 0.863. The number of H-pyrrole nitrogens is 1. The van der Waals surface area contributed by atoms with Crippen LogP contribution in [-0.2, 0) is 17.7 Å². The SMILES string of the molecule is CC(C)(C)NCc1cc(=O)[nH]c(CC2CCCO2)n1. The van der Waals surface area contributed by atoms with E-state index in [0.717, 1.165) is 31.0 Å². The third-order valence-corrected chi connectivity index (χ3v) is 3.09. The molecule has 0 aromatic carbocycles. The van der Waals surface area contributed by atoms with Gasteiger partial charge in [0.15, 0.2) is 0 Å². The maximum atomic E-state index is 11.6. The second-order valence-electron chi connectivity index (χ2n) is 6.13. The van der Waals surface area contributed by atoms with Crippen LogP contribution in [-0.4, -0.2) is 28.2 Å². The van der Waals surface area contributed by atoms with Gasteiger partial charge in [0.05, 0.1) is 11.8 Å². The van der Waals surface area contributed by atoms with Crippen LogP contribution in [0.25, 0.3) is 0 Å². The molecule has 0 aliphatic carbocycles. The van der Waals surface area contributed by atoms with Gasteiger partial charge in [0.2, 0.25) is 0 Å². The van der Waals surface area contributed by atoms with Gasteiger partial charge in [0.25, 0.3) is 5.56 Å². The highest BCUT2D eigenvalue weighted by Gasteiger charge is 2.17. The molecular formula is C14H23N3O2. The molecule has 1 aromatic rings. The molecule has 1 aliphatic heterocycles. The predicted octanol–water partition coefficient (Wildman–Crippen LogP) is 1.38. The van der Waals surface area contributed by atoms with E-state index in [1.165, 1.54) is 0 Å². The Kier molecular flexibility index (Phi) is 4.37. The van der Waals surface area contributed by atoms with E-state index in [9.17, 15) is 4.79 Å². The van der Waals surface area contributed by atoms with Gasteiger partial charge in [0, 0.05) is 31.2 Å². The highest BCUT2D eigenvalue weighted by atomic mass is 16.5. The van der Waals surface area contributed by atoms with Crippen molar-refractivity contribution >= 4 is 0 Å². The lowest BCUT2D eigenvalue weighted by atomic mass is 10.1. The minimum atomic E-state index is -0.0892. The van der Waals surface area contributed by atoms with Crippen molar-refractivity contribution < 1.29 is 4.74 Å². The molecule has 106 valence electrons. The molecule has 2 heterocycles. The van der Waals surface area contributed by atoms with E-state index in [1.807, 2.05) is 0 Å². The van der Waals surface area contributed by atoms with Crippen LogP contribution in [0.2, 0.25) is 0 Å². The zero-order chi connectivity index (χ0) is 13.9. The van der Waals surface area contributed by atoms with Crippen molar-refractivity contribution in [3.05, 3.63) is 27.9 Å². The summed E-state index contributed by atoms with van der Waals surface area (Å²) in [5.74, 6) is 0.727. The summed E-state index contributed by atoms with van der Waals surface area (Å²) in [7, 11) is 0. The summed E-state index contributed by atoms with van der Waals surface area (Å²) < 4.78 is 5.57. The lowest BCUT2D eigenvalue weighted by Crippen LogP contribution is -2.35. The van der Waals surface area contributed by atoms with E-state index in [0.29, 0.717) is 13.0 Å². The largest absolute Gasteiger partial charge is 0.378 e. The number of ether oxygens (including phenoxy) is 1. The Morgan fingerprint density at radius 1 is 1.53 bits per heavy atom. The van der Waals surface area contributed by atoms with Crippen LogP contribution in [0.4, 0.5) is 0 Å². The third-order valence-electron chi connectivity index (χ3n) is 3.09. The minimum absolute atomic E-state index is 0.0129. The number of aromatic amines is 1. The summed E-state index contributed by atoms with van der Waals surface area (Å²) >= 11 is 0. The monoisotopic (exact) mass is 265 g/mol. The van der Waals surface area contributed by atoms with E-state index in [-0.39, 0.29) is 17.2 Å². The number of nitrogens with zero attached hydrogens (tertiary/aromatic N) is 1. The predicted molar refractivity (Wildman–Crippen MR) is 74.1 cm³/mol. The second kappa shape index (κ2) is 5.84. The van der Waals surface area contributed by atoms with E-state index >= 15 is 0 Å². The summed E-state index contributed by atoms with van der Waals surface area (Å²) in [5, 5.41) is 3.34. The topological polar surface area (TPSA) is 67.0 Å². The third kappa shape index (κ3) is 4.76. The van der Waals surface area contributed by atoms with Crippen molar-refractivity contribution in [3.63, 3.8) is 0 Å². The molecule has 1 aromatic heterocycles. The highest BCUT2D eigenvalue weighted by Crippen LogP contribution is 2.15. The maximum absolute atomic E-state index is 11.6. The number of rotatable bonds is 4. The standard InChI is InChI=1S/C14H23N3O2/c1-14(2,3)15-9-10-7-13(18)17-12(16-10)8-11-5-4-6-19-11/h7,11,15H,4-6,8-9H2,1-3H3,(H,16,17,18). The van der Waals surface area contributed by atoms with Crippen LogP contribution in [0.3, 0.4) is 0 Å². The smallest absolute Gasteiger partial charge is 0.251 e. The van der Waals surface area contributed by atoms with Gasteiger partial charge in [-0.3, -0.25) is 4.79 Å². The van der Waals surface area contributed by atoms with Gasteiger partial charge in [0.1, 0.15) is 5.82 Å². The first-order chi connectivity index (χ1) is 8.92. The molecule has 2 rings (SSSR count). The fraction of sp³-hybridized carbons (Fsp3) is 0.714. The Hall–Kier alpha value is -1.20. The fourth-order valence-corrected chi connectivity index (χ4v) is 2.13. The average molecular weight is 265 g/mol. The Labute approximate surface area is 113 Å². The zero-order valence-corrected chi connectivity index (χ0v) is 12.0. The molecule has 5 heteroatoms. The van der Waals surface area contributed by atoms with Crippen LogP contribution in [0.15, 0.2) is 10.9 Å². The number of nitrogens with one attached hydrogen (secondary N) is 2. The van der Waals surface area contributed by atoms with Gasteiger partial charge in [-0.1, -0.05) is 0 Å². The lowest BCUT2D eigenvalue weighted by Gasteiger charge is -2.20. The van der Waals surface area contributed by atoms with Crippen LogP contribution in [0, 0.1) is 0 Å². The lowest BCUT2D eigenvalue weighted by molar-refractivity contribution is 0.109. The number of hydrogen-bond acceptors (Lipinski definition) is 4. The molecule has 2 N–H and O–H groups in total. The van der Waals surface area contributed by atoms with Gasteiger partial charge in [-0.05, 0) is 33.6 Å². The molecule has 1 unspecified atom stereocenters. The van der Waals surface area contributed by atoms with Gasteiger partial charge < -0.3 is 15.0 Å². The summed E-state index contributed by atoms with van der Waals surface area (Å²) in [4.78, 5) is 18.9. The molecule has 0 bridgehead atoms. The van der Waals surface area contributed by atoms with Crippen molar-refractivity contribution in [2.24, 2.45) is 0 Å². The first kappa shape index (κ1) is 14.2. The molecule has 1 fully saturated rings. The summed E-state index contributed by atoms with van der Waals surface area (Å²) in [5.41, 5.74) is 0.708. The molecule has 19 heavy (non-hydrogen) atoms. The maximum Gasteiger partial charge on any atom is 0.251 e. The van der Waals surface area contributed by atoms with E-state index < -0.39 is 0 Å². The van der Waals surface area contributed by atoms with Gasteiger partial charge >= 0.3 is 0 Å². The van der Waals surface area contributed by atoms with Crippen LogP contribution in [0.5, 0.6) is 0 Å². The molecule has 0 saturated carbocycles. The Morgan fingerprint density at radius 2 is 2.32 bits per heavy atom. The molecule has 1 saturated heterocycles. The number of hydrogen-bond donors (Lipinski definition) is 2. The average Bonchev–Trinajstić information content (AvgIpc) is 2.77. The van der Waals surface area contributed by atoms with Crippen LogP contribution >= 0.6 is 0 Å². The summed E-state index contributed by atoms with van der Waals surface area (Å²) in [6, 6.07) is 1.55. The van der Waals surface area contributed by atoms with Crippen molar-refractivity contribution in [1.82, 2.24) is 15.3 Å². The molecular weight excluding hydrogens is 242 g/mol. The van der Waals surface area contributed by atoms with Crippen molar-refractivity contribution in [2.75, 3.05) is 6.61 Å². The molecule has 0 radical (unpaired) electrons. The van der Waals surface area contributed by atoms with Gasteiger partial charge in [-0.15, -0.1) is 0 Å². The molecule has 5 nitrogen and oxygen atoms in total. The van der Waals surface area contributed by atoms with E-state index in [4.69, 9.17) is 4.74 Å². The first-order valence-corrected chi connectivity index (χ1v) is 6.88.